The zero-order chi connectivity index (χ0) is 14.2. The molecule has 0 saturated heterocycles. The van der Waals surface area contributed by atoms with Gasteiger partial charge in [0.2, 0.25) is 0 Å². The van der Waals surface area contributed by atoms with Gasteiger partial charge in [-0.15, -0.1) is 0 Å². The summed E-state index contributed by atoms with van der Waals surface area (Å²) in [7, 11) is 0. The average molecular weight is 268 g/mol. The van der Waals surface area contributed by atoms with Crippen molar-refractivity contribution in [3.05, 3.63) is 59.0 Å². The van der Waals surface area contributed by atoms with Gasteiger partial charge in [-0.3, -0.25) is 0 Å². The van der Waals surface area contributed by atoms with E-state index in [1.807, 2.05) is 6.26 Å². The highest BCUT2D eigenvalue weighted by Gasteiger charge is 2.37. The van der Waals surface area contributed by atoms with Crippen LogP contribution in [0.5, 0.6) is 0 Å². The molecule has 1 heteroatoms. The first-order valence-corrected chi connectivity index (χ1v) is 7.71. The molecule has 0 saturated carbocycles. The summed E-state index contributed by atoms with van der Waals surface area (Å²) in [6.07, 6.45) is 8.51. The van der Waals surface area contributed by atoms with E-state index < -0.39 is 0 Å². The van der Waals surface area contributed by atoms with Crippen molar-refractivity contribution in [3.63, 3.8) is 0 Å². The van der Waals surface area contributed by atoms with Crippen molar-refractivity contribution in [2.24, 2.45) is 5.92 Å². The zero-order valence-electron chi connectivity index (χ0n) is 12.8. The third-order valence-electron chi connectivity index (χ3n) is 5.45. The number of furan rings is 1. The van der Waals surface area contributed by atoms with Crippen molar-refractivity contribution in [3.8, 4) is 0 Å². The summed E-state index contributed by atoms with van der Waals surface area (Å²) in [4.78, 5) is 0. The average Bonchev–Trinajstić information content (AvgIpc) is 2.95. The van der Waals surface area contributed by atoms with E-state index in [4.69, 9.17) is 4.42 Å². The third kappa shape index (κ3) is 2.19. The van der Waals surface area contributed by atoms with Gasteiger partial charge in [0.1, 0.15) is 0 Å². The standard InChI is InChI=1S/C19H24O/c1-14-5-4-6-18-17(14)8-7-15(2)19(18,3)11-9-16-10-12-20-13-16/h4-6,10,12-13,15H,7-9,11H2,1-3H3. The molecule has 0 amide bonds. The summed E-state index contributed by atoms with van der Waals surface area (Å²) >= 11 is 0. The van der Waals surface area contributed by atoms with Crippen LogP contribution >= 0.6 is 0 Å². The van der Waals surface area contributed by atoms with Crippen molar-refractivity contribution >= 4 is 0 Å². The lowest BCUT2D eigenvalue weighted by atomic mass is 9.62. The molecule has 0 radical (unpaired) electrons. The van der Waals surface area contributed by atoms with E-state index in [1.54, 1.807) is 17.4 Å². The Balaban J connectivity index is 1.92. The van der Waals surface area contributed by atoms with Gasteiger partial charge in [0.15, 0.2) is 0 Å². The van der Waals surface area contributed by atoms with E-state index in [1.165, 1.54) is 30.4 Å². The summed E-state index contributed by atoms with van der Waals surface area (Å²) in [5, 5.41) is 0. The van der Waals surface area contributed by atoms with Gasteiger partial charge in [0.25, 0.3) is 0 Å². The number of rotatable bonds is 3. The Labute approximate surface area is 122 Å². The molecule has 2 aromatic rings. The van der Waals surface area contributed by atoms with Crippen molar-refractivity contribution in [2.45, 2.75) is 51.9 Å². The molecule has 20 heavy (non-hydrogen) atoms. The van der Waals surface area contributed by atoms with Gasteiger partial charge in [0.05, 0.1) is 12.5 Å². The van der Waals surface area contributed by atoms with E-state index in [2.05, 4.69) is 45.0 Å². The minimum atomic E-state index is 0.289. The number of benzene rings is 1. The largest absolute Gasteiger partial charge is 0.472 e. The number of hydrogen-bond acceptors (Lipinski definition) is 1. The van der Waals surface area contributed by atoms with E-state index >= 15 is 0 Å². The third-order valence-corrected chi connectivity index (χ3v) is 5.45. The summed E-state index contributed by atoms with van der Waals surface area (Å²) in [5.74, 6) is 0.740. The Hall–Kier alpha value is -1.50. The van der Waals surface area contributed by atoms with Crippen molar-refractivity contribution < 1.29 is 4.42 Å². The van der Waals surface area contributed by atoms with Crippen molar-refractivity contribution in [1.29, 1.82) is 0 Å². The van der Waals surface area contributed by atoms with Gasteiger partial charge in [-0.2, -0.15) is 0 Å². The molecule has 0 aliphatic heterocycles. The summed E-state index contributed by atoms with van der Waals surface area (Å²) in [5.41, 5.74) is 6.25. The molecular formula is C19H24O. The minimum absolute atomic E-state index is 0.289. The molecule has 3 rings (SSSR count). The molecule has 2 atom stereocenters. The molecule has 1 heterocycles. The van der Waals surface area contributed by atoms with Crippen LogP contribution in [0.15, 0.2) is 41.2 Å². The first-order chi connectivity index (χ1) is 9.61. The van der Waals surface area contributed by atoms with Gasteiger partial charge >= 0.3 is 0 Å². The molecule has 2 unspecified atom stereocenters. The van der Waals surface area contributed by atoms with E-state index in [9.17, 15) is 0 Å². The van der Waals surface area contributed by atoms with Gasteiger partial charge < -0.3 is 4.42 Å². The molecule has 106 valence electrons. The van der Waals surface area contributed by atoms with Crippen molar-refractivity contribution in [1.82, 2.24) is 0 Å². The molecule has 0 bridgehead atoms. The molecular weight excluding hydrogens is 244 g/mol. The Morgan fingerprint density at radius 3 is 2.90 bits per heavy atom. The molecule has 1 aliphatic carbocycles. The Kier molecular flexibility index (Phi) is 3.45. The lowest BCUT2D eigenvalue weighted by Gasteiger charge is -2.42. The normalized spacial score (nSPS) is 25.4. The monoisotopic (exact) mass is 268 g/mol. The van der Waals surface area contributed by atoms with Crippen LogP contribution in [0, 0.1) is 12.8 Å². The second-order valence-electron chi connectivity index (χ2n) is 6.59. The van der Waals surface area contributed by atoms with E-state index in [0.29, 0.717) is 0 Å². The minimum Gasteiger partial charge on any atom is -0.472 e. The Morgan fingerprint density at radius 1 is 1.30 bits per heavy atom. The van der Waals surface area contributed by atoms with Crippen LogP contribution in [0.25, 0.3) is 0 Å². The number of hydrogen-bond donors (Lipinski definition) is 0. The fourth-order valence-electron chi connectivity index (χ4n) is 3.73. The topological polar surface area (TPSA) is 13.1 Å². The van der Waals surface area contributed by atoms with Crippen LogP contribution < -0.4 is 0 Å². The smallest absolute Gasteiger partial charge is 0.0934 e. The summed E-state index contributed by atoms with van der Waals surface area (Å²) in [6, 6.07) is 8.93. The molecule has 0 spiro atoms. The predicted octanol–water partition coefficient (Wildman–Crippen LogP) is 5.06. The molecule has 1 nitrogen and oxygen atoms in total. The maximum atomic E-state index is 5.20. The molecule has 1 aromatic carbocycles. The van der Waals surface area contributed by atoms with Gasteiger partial charge in [-0.1, -0.05) is 32.0 Å². The van der Waals surface area contributed by atoms with E-state index in [-0.39, 0.29) is 5.41 Å². The van der Waals surface area contributed by atoms with Crippen molar-refractivity contribution in [2.75, 3.05) is 0 Å². The highest BCUT2D eigenvalue weighted by Crippen LogP contribution is 2.45. The lowest BCUT2D eigenvalue weighted by molar-refractivity contribution is 0.258. The van der Waals surface area contributed by atoms with Gasteiger partial charge in [-0.05, 0) is 72.3 Å². The van der Waals surface area contributed by atoms with Gasteiger partial charge in [-0.25, -0.2) is 0 Å². The second-order valence-corrected chi connectivity index (χ2v) is 6.59. The fourth-order valence-corrected chi connectivity index (χ4v) is 3.73. The molecule has 1 aromatic heterocycles. The van der Waals surface area contributed by atoms with Crippen LogP contribution in [0.4, 0.5) is 0 Å². The molecule has 0 N–H and O–H groups in total. The van der Waals surface area contributed by atoms with Crippen LogP contribution in [0.1, 0.15) is 48.9 Å². The Morgan fingerprint density at radius 2 is 2.15 bits per heavy atom. The first-order valence-electron chi connectivity index (χ1n) is 7.71. The quantitative estimate of drug-likeness (QED) is 0.758. The van der Waals surface area contributed by atoms with Crippen LogP contribution in [0.3, 0.4) is 0 Å². The predicted molar refractivity (Wildman–Crippen MR) is 83.0 cm³/mol. The summed E-state index contributed by atoms with van der Waals surface area (Å²) in [6.45, 7) is 7.13. The lowest BCUT2D eigenvalue weighted by Crippen LogP contribution is -2.36. The van der Waals surface area contributed by atoms with Gasteiger partial charge in [0, 0.05) is 0 Å². The highest BCUT2D eigenvalue weighted by molar-refractivity contribution is 5.42. The molecule has 0 fully saturated rings. The SMILES string of the molecule is Cc1cccc2c1CCC(C)C2(C)CCc1ccoc1. The maximum absolute atomic E-state index is 5.20. The first kappa shape index (κ1) is 13.5. The highest BCUT2D eigenvalue weighted by atomic mass is 16.3. The molecule has 1 aliphatic rings. The van der Waals surface area contributed by atoms with Crippen LogP contribution in [-0.2, 0) is 18.3 Å². The number of fused-ring (bicyclic) bond motifs is 1. The summed E-state index contributed by atoms with van der Waals surface area (Å²) < 4.78 is 5.20. The zero-order valence-corrected chi connectivity index (χ0v) is 12.8. The van der Waals surface area contributed by atoms with Crippen LogP contribution in [-0.4, -0.2) is 0 Å². The Bertz CT molecular complexity index is 582. The fraction of sp³-hybridized carbons (Fsp3) is 0.474. The van der Waals surface area contributed by atoms with Crippen LogP contribution in [0.2, 0.25) is 0 Å². The number of aryl methyl sites for hydroxylation is 2. The second kappa shape index (κ2) is 5.12. The maximum Gasteiger partial charge on any atom is 0.0934 e. The van der Waals surface area contributed by atoms with E-state index in [0.717, 1.165) is 12.3 Å².